The zero-order valence-electron chi connectivity index (χ0n) is 7.52. The summed E-state index contributed by atoms with van der Waals surface area (Å²) in [6, 6.07) is 0. The van der Waals surface area contributed by atoms with Crippen LogP contribution in [-0.4, -0.2) is 11.5 Å². The van der Waals surface area contributed by atoms with E-state index in [0.717, 1.165) is 12.8 Å². The van der Waals surface area contributed by atoms with Gasteiger partial charge in [0.15, 0.2) is 6.36 Å². The molecule has 68 valence electrons. The van der Waals surface area contributed by atoms with Crippen molar-refractivity contribution in [2.45, 2.75) is 52.3 Å². The van der Waals surface area contributed by atoms with Gasteiger partial charge in [-0.1, -0.05) is 33.1 Å². The molecule has 0 saturated heterocycles. The number of halogens is 1. The third kappa shape index (κ3) is 7.79. The fourth-order valence-electron chi connectivity index (χ4n) is 1.12. The van der Waals surface area contributed by atoms with Gasteiger partial charge in [0.1, 0.15) is 0 Å². The summed E-state index contributed by atoms with van der Waals surface area (Å²) in [5.74, 6) is 0.556. The SMILES string of the molecule is CCCCC(C)CCC(O)F. The number of aliphatic hydroxyl groups is 1. The maximum absolute atomic E-state index is 11.9. The minimum absolute atomic E-state index is 0.297. The quantitative estimate of drug-likeness (QED) is 0.636. The standard InChI is InChI=1S/C9H19FO/c1-3-4-5-8(2)6-7-9(10)11/h8-9,11H,3-7H2,1-2H3. The highest BCUT2D eigenvalue weighted by Gasteiger charge is 2.05. The highest BCUT2D eigenvalue weighted by molar-refractivity contribution is 4.53. The second-order valence-corrected chi connectivity index (χ2v) is 3.26. The van der Waals surface area contributed by atoms with E-state index in [1.807, 2.05) is 0 Å². The van der Waals surface area contributed by atoms with E-state index in [1.54, 1.807) is 0 Å². The van der Waals surface area contributed by atoms with Crippen LogP contribution in [0.4, 0.5) is 4.39 Å². The second kappa shape index (κ2) is 6.59. The molecule has 0 amide bonds. The molecule has 0 aliphatic heterocycles. The predicted octanol–water partition coefficient (Wildman–Crippen LogP) is 2.88. The van der Waals surface area contributed by atoms with Gasteiger partial charge in [0.25, 0.3) is 0 Å². The van der Waals surface area contributed by atoms with Crippen molar-refractivity contribution in [3.8, 4) is 0 Å². The van der Waals surface area contributed by atoms with E-state index in [9.17, 15) is 4.39 Å². The first-order valence-electron chi connectivity index (χ1n) is 4.49. The van der Waals surface area contributed by atoms with Crippen LogP contribution in [0, 0.1) is 5.92 Å². The van der Waals surface area contributed by atoms with Crippen LogP contribution in [0.25, 0.3) is 0 Å². The van der Waals surface area contributed by atoms with E-state index < -0.39 is 6.36 Å². The molecule has 0 aliphatic carbocycles. The lowest BCUT2D eigenvalue weighted by Gasteiger charge is -2.09. The van der Waals surface area contributed by atoms with Crippen molar-refractivity contribution in [3.63, 3.8) is 0 Å². The van der Waals surface area contributed by atoms with Crippen molar-refractivity contribution in [1.29, 1.82) is 0 Å². The largest absolute Gasteiger partial charge is 0.364 e. The molecule has 0 aliphatic rings. The summed E-state index contributed by atoms with van der Waals surface area (Å²) in [5, 5.41) is 8.36. The molecule has 11 heavy (non-hydrogen) atoms. The smallest absolute Gasteiger partial charge is 0.196 e. The van der Waals surface area contributed by atoms with Gasteiger partial charge < -0.3 is 5.11 Å². The van der Waals surface area contributed by atoms with Crippen molar-refractivity contribution < 1.29 is 9.50 Å². The maximum atomic E-state index is 11.9. The summed E-state index contributed by atoms with van der Waals surface area (Å²) in [5.41, 5.74) is 0. The van der Waals surface area contributed by atoms with Gasteiger partial charge in [-0.3, -0.25) is 0 Å². The van der Waals surface area contributed by atoms with E-state index in [4.69, 9.17) is 5.11 Å². The van der Waals surface area contributed by atoms with E-state index >= 15 is 0 Å². The summed E-state index contributed by atoms with van der Waals surface area (Å²) >= 11 is 0. The van der Waals surface area contributed by atoms with Crippen LogP contribution in [0.2, 0.25) is 0 Å². The summed E-state index contributed by atoms with van der Waals surface area (Å²) in [7, 11) is 0. The number of rotatable bonds is 6. The van der Waals surface area contributed by atoms with Crippen LogP contribution >= 0.6 is 0 Å². The molecular formula is C9H19FO. The molecule has 1 N–H and O–H groups in total. The zero-order chi connectivity index (χ0) is 8.69. The monoisotopic (exact) mass is 162 g/mol. The first kappa shape index (κ1) is 10.9. The van der Waals surface area contributed by atoms with Crippen LogP contribution < -0.4 is 0 Å². The lowest BCUT2D eigenvalue weighted by Crippen LogP contribution is -2.02. The Hall–Kier alpha value is -0.110. The van der Waals surface area contributed by atoms with Gasteiger partial charge in [-0.25, -0.2) is 4.39 Å². The van der Waals surface area contributed by atoms with Crippen LogP contribution in [0.3, 0.4) is 0 Å². The number of aliphatic hydroxyl groups excluding tert-OH is 1. The van der Waals surface area contributed by atoms with E-state index in [2.05, 4.69) is 13.8 Å². The molecule has 0 aromatic rings. The Balaban J connectivity index is 3.15. The lowest BCUT2D eigenvalue weighted by atomic mass is 9.99. The summed E-state index contributed by atoms with van der Waals surface area (Å²) in [4.78, 5) is 0. The summed E-state index contributed by atoms with van der Waals surface area (Å²) in [6.45, 7) is 4.26. The number of hydrogen-bond donors (Lipinski definition) is 1. The average Bonchev–Trinajstić information content (AvgIpc) is 1.97. The van der Waals surface area contributed by atoms with E-state index in [0.29, 0.717) is 12.3 Å². The minimum atomic E-state index is -1.61. The predicted molar refractivity (Wildman–Crippen MR) is 45.0 cm³/mol. The average molecular weight is 162 g/mol. The molecule has 0 heterocycles. The fraction of sp³-hybridized carbons (Fsp3) is 1.00. The minimum Gasteiger partial charge on any atom is -0.364 e. The molecule has 0 fully saturated rings. The Labute approximate surface area is 68.6 Å². The lowest BCUT2D eigenvalue weighted by molar-refractivity contribution is 0.0291. The molecule has 2 unspecified atom stereocenters. The number of hydrogen-bond acceptors (Lipinski definition) is 1. The highest BCUT2D eigenvalue weighted by atomic mass is 19.1. The van der Waals surface area contributed by atoms with Crippen molar-refractivity contribution in [2.75, 3.05) is 0 Å². The Morgan fingerprint density at radius 3 is 2.36 bits per heavy atom. The van der Waals surface area contributed by atoms with Crippen LogP contribution in [0.5, 0.6) is 0 Å². The molecule has 0 rings (SSSR count). The molecule has 1 nitrogen and oxygen atoms in total. The van der Waals surface area contributed by atoms with Gasteiger partial charge in [-0.05, 0) is 12.3 Å². The second-order valence-electron chi connectivity index (χ2n) is 3.26. The molecule has 0 aromatic heterocycles. The normalized spacial score (nSPS) is 16.4. The van der Waals surface area contributed by atoms with E-state index in [-0.39, 0.29) is 0 Å². The first-order chi connectivity index (χ1) is 5.16. The number of unbranched alkanes of at least 4 members (excludes halogenated alkanes) is 1. The summed E-state index contributed by atoms with van der Waals surface area (Å²) < 4.78 is 11.9. The number of alkyl halides is 1. The Kier molecular flexibility index (Phi) is 6.52. The van der Waals surface area contributed by atoms with Gasteiger partial charge in [-0.15, -0.1) is 0 Å². The van der Waals surface area contributed by atoms with Gasteiger partial charge >= 0.3 is 0 Å². The third-order valence-electron chi connectivity index (χ3n) is 1.95. The molecule has 0 radical (unpaired) electrons. The molecule has 2 atom stereocenters. The topological polar surface area (TPSA) is 20.2 Å². The summed E-state index contributed by atoms with van der Waals surface area (Å²) in [6.07, 6.45) is 3.05. The van der Waals surface area contributed by atoms with Crippen molar-refractivity contribution in [1.82, 2.24) is 0 Å². The first-order valence-corrected chi connectivity index (χ1v) is 4.49. The van der Waals surface area contributed by atoms with Crippen LogP contribution in [-0.2, 0) is 0 Å². The zero-order valence-corrected chi connectivity index (χ0v) is 7.52. The maximum Gasteiger partial charge on any atom is 0.196 e. The molecular weight excluding hydrogens is 143 g/mol. The van der Waals surface area contributed by atoms with Gasteiger partial charge in [0, 0.05) is 6.42 Å². The molecule has 0 bridgehead atoms. The Morgan fingerprint density at radius 1 is 1.27 bits per heavy atom. The highest BCUT2D eigenvalue weighted by Crippen LogP contribution is 2.15. The Morgan fingerprint density at radius 2 is 1.91 bits per heavy atom. The van der Waals surface area contributed by atoms with Crippen molar-refractivity contribution >= 4 is 0 Å². The molecule has 0 saturated carbocycles. The van der Waals surface area contributed by atoms with Gasteiger partial charge in [0.05, 0.1) is 0 Å². The van der Waals surface area contributed by atoms with Crippen molar-refractivity contribution in [2.24, 2.45) is 5.92 Å². The van der Waals surface area contributed by atoms with Gasteiger partial charge in [-0.2, -0.15) is 0 Å². The Bertz CT molecular complexity index is 83.6. The van der Waals surface area contributed by atoms with E-state index in [1.165, 1.54) is 12.8 Å². The van der Waals surface area contributed by atoms with Gasteiger partial charge in [0.2, 0.25) is 0 Å². The fourth-order valence-corrected chi connectivity index (χ4v) is 1.12. The molecule has 0 aromatic carbocycles. The van der Waals surface area contributed by atoms with Crippen LogP contribution in [0.15, 0.2) is 0 Å². The molecule has 0 spiro atoms. The van der Waals surface area contributed by atoms with Crippen LogP contribution in [0.1, 0.15) is 46.0 Å². The molecule has 2 heteroatoms. The third-order valence-corrected chi connectivity index (χ3v) is 1.95. The van der Waals surface area contributed by atoms with Crippen molar-refractivity contribution in [3.05, 3.63) is 0 Å².